The molecule has 1 aromatic carbocycles. The quantitative estimate of drug-likeness (QED) is 0.746. The summed E-state index contributed by atoms with van der Waals surface area (Å²) in [5, 5.41) is 0. The van der Waals surface area contributed by atoms with Crippen molar-refractivity contribution < 1.29 is 13.9 Å². The highest BCUT2D eigenvalue weighted by Crippen LogP contribution is 2.51. The monoisotopic (exact) mass is 250 g/mol. The van der Waals surface area contributed by atoms with Crippen LogP contribution in [0.1, 0.15) is 45.6 Å². The molecular weight excluding hydrogens is 231 g/mol. The van der Waals surface area contributed by atoms with Crippen LogP contribution in [0.4, 0.5) is 4.39 Å². The predicted molar refractivity (Wildman–Crippen MR) is 67.5 cm³/mol. The molecule has 3 heteroatoms. The molecule has 0 spiro atoms. The lowest BCUT2D eigenvalue weighted by Gasteiger charge is -2.31. The van der Waals surface area contributed by atoms with E-state index in [-0.39, 0.29) is 17.2 Å². The van der Waals surface area contributed by atoms with Crippen LogP contribution in [0.15, 0.2) is 24.3 Å². The maximum Gasteiger partial charge on any atom is 0.303 e. The minimum atomic E-state index is -0.580. The van der Waals surface area contributed by atoms with Crippen molar-refractivity contribution in [2.24, 2.45) is 5.41 Å². The van der Waals surface area contributed by atoms with Gasteiger partial charge in [0.2, 0.25) is 0 Å². The van der Waals surface area contributed by atoms with Gasteiger partial charge < -0.3 is 4.74 Å². The Morgan fingerprint density at radius 2 is 1.83 bits per heavy atom. The highest BCUT2D eigenvalue weighted by Gasteiger charge is 2.47. The fourth-order valence-electron chi connectivity index (χ4n) is 2.91. The van der Waals surface area contributed by atoms with Crippen molar-refractivity contribution in [1.82, 2.24) is 0 Å². The van der Waals surface area contributed by atoms with Crippen LogP contribution in [0.3, 0.4) is 0 Å². The van der Waals surface area contributed by atoms with Crippen LogP contribution < -0.4 is 0 Å². The first kappa shape index (κ1) is 13.1. The number of hydrogen-bond donors (Lipinski definition) is 0. The second-order valence-electron chi connectivity index (χ2n) is 5.94. The summed E-state index contributed by atoms with van der Waals surface area (Å²) in [6.07, 6.45) is 2.58. The van der Waals surface area contributed by atoms with E-state index in [4.69, 9.17) is 4.74 Å². The summed E-state index contributed by atoms with van der Waals surface area (Å²) in [6, 6.07) is 6.29. The van der Waals surface area contributed by atoms with Crippen LogP contribution in [-0.4, -0.2) is 5.97 Å². The highest BCUT2D eigenvalue weighted by atomic mass is 19.1. The molecule has 18 heavy (non-hydrogen) atoms. The summed E-state index contributed by atoms with van der Waals surface area (Å²) >= 11 is 0. The molecule has 2 nitrogen and oxygen atoms in total. The summed E-state index contributed by atoms with van der Waals surface area (Å²) in [5.74, 6) is -0.550. The Bertz CT molecular complexity index is 450. The van der Waals surface area contributed by atoms with Crippen molar-refractivity contribution in [3.8, 4) is 0 Å². The molecule has 0 heterocycles. The molecule has 2 rings (SSSR count). The third-order valence-corrected chi connectivity index (χ3v) is 3.68. The zero-order chi connectivity index (χ0) is 13.4. The van der Waals surface area contributed by atoms with Crippen molar-refractivity contribution in [3.05, 3.63) is 35.6 Å². The average Bonchev–Trinajstić information content (AvgIpc) is 2.55. The first-order chi connectivity index (χ1) is 8.33. The van der Waals surface area contributed by atoms with Gasteiger partial charge in [0, 0.05) is 6.92 Å². The van der Waals surface area contributed by atoms with Gasteiger partial charge in [-0.2, -0.15) is 0 Å². The lowest BCUT2D eigenvalue weighted by molar-refractivity contribution is -0.158. The summed E-state index contributed by atoms with van der Waals surface area (Å²) in [6.45, 7) is 5.76. The SMILES string of the molecule is CC(=O)OC1(c2ccc(F)cc2)CCC(C)(C)C1. The van der Waals surface area contributed by atoms with Gasteiger partial charge in [0.05, 0.1) is 0 Å². The zero-order valence-electron chi connectivity index (χ0n) is 11.1. The van der Waals surface area contributed by atoms with Gasteiger partial charge in [-0.15, -0.1) is 0 Å². The highest BCUT2D eigenvalue weighted by molar-refractivity contribution is 5.67. The number of hydrogen-bond acceptors (Lipinski definition) is 2. The van der Waals surface area contributed by atoms with Crippen molar-refractivity contribution in [2.75, 3.05) is 0 Å². The maximum atomic E-state index is 13.0. The van der Waals surface area contributed by atoms with Gasteiger partial charge in [0.25, 0.3) is 0 Å². The van der Waals surface area contributed by atoms with Crippen LogP contribution >= 0.6 is 0 Å². The molecule has 98 valence electrons. The minimum Gasteiger partial charge on any atom is -0.454 e. The molecule has 0 aromatic heterocycles. The molecule has 1 unspecified atom stereocenters. The smallest absolute Gasteiger partial charge is 0.303 e. The molecule has 0 radical (unpaired) electrons. The summed E-state index contributed by atoms with van der Waals surface area (Å²) in [5.41, 5.74) is 0.456. The molecule has 1 aromatic rings. The van der Waals surface area contributed by atoms with E-state index >= 15 is 0 Å². The van der Waals surface area contributed by atoms with E-state index in [9.17, 15) is 9.18 Å². The number of esters is 1. The number of carbonyl (C=O) groups excluding carboxylic acids is 1. The second kappa shape index (κ2) is 4.38. The summed E-state index contributed by atoms with van der Waals surface area (Å²) < 4.78 is 18.6. The third kappa shape index (κ3) is 2.55. The number of rotatable bonds is 2. The van der Waals surface area contributed by atoms with Gasteiger partial charge in [0.1, 0.15) is 11.4 Å². The summed E-state index contributed by atoms with van der Waals surface area (Å²) in [4.78, 5) is 11.4. The molecule has 1 atom stereocenters. The van der Waals surface area contributed by atoms with Crippen molar-refractivity contribution in [2.45, 2.75) is 45.6 Å². The van der Waals surface area contributed by atoms with E-state index in [2.05, 4.69) is 13.8 Å². The van der Waals surface area contributed by atoms with E-state index in [1.165, 1.54) is 19.1 Å². The van der Waals surface area contributed by atoms with Gasteiger partial charge in [-0.05, 0) is 42.4 Å². The van der Waals surface area contributed by atoms with Crippen LogP contribution in [0.2, 0.25) is 0 Å². The van der Waals surface area contributed by atoms with Crippen molar-refractivity contribution in [1.29, 1.82) is 0 Å². The van der Waals surface area contributed by atoms with Crippen LogP contribution in [0, 0.1) is 11.2 Å². The Labute approximate surface area is 107 Å². The number of benzene rings is 1. The van der Waals surface area contributed by atoms with Crippen molar-refractivity contribution >= 4 is 5.97 Å². The topological polar surface area (TPSA) is 26.3 Å². The lowest BCUT2D eigenvalue weighted by atomic mass is 9.85. The fourth-order valence-corrected chi connectivity index (χ4v) is 2.91. The van der Waals surface area contributed by atoms with E-state index in [0.717, 1.165) is 24.8 Å². The summed E-state index contributed by atoms with van der Waals surface area (Å²) in [7, 11) is 0. The van der Waals surface area contributed by atoms with E-state index < -0.39 is 5.60 Å². The van der Waals surface area contributed by atoms with Crippen LogP contribution in [0.25, 0.3) is 0 Å². The Kier molecular flexibility index (Phi) is 3.18. The molecule has 1 fully saturated rings. The number of halogens is 1. The molecule has 1 aliphatic rings. The molecule has 0 amide bonds. The Morgan fingerprint density at radius 3 is 2.28 bits per heavy atom. The largest absolute Gasteiger partial charge is 0.454 e. The third-order valence-electron chi connectivity index (χ3n) is 3.68. The molecule has 0 N–H and O–H groups in total. The molecular formula is C15H19FO2. The first-order valence-corrected chi connectivity index (χ1v) is 6.29. The first-order valence-electron chi connectivity index (χ1n) is 6.29. The maximum absolute atomic E-state index is 13.0. The molecule has 1 aliphatic carbocycles. The van der Waals surface area contributed by atoms with Gasteiger partial charge in [-0.3, -0.25) is 4.79 Å². The molecule has 0 saturated heterocycles. The Morgan fingerprint density at radius 1 is 1.22 bits per heavy atom. The van der Waals surface area contributed by atoms with E-state index in [1.54, 1.807) is 12.1 Å². The second-order valence-corrected chi connectivity index (χ2v) is 5.94. The van der Waals surface area contributed by atoms with Gasteiger partial charge in [0.15, 0.2) is 0 Å². The number of carbonyl (C=O) groups is 1. The molecule has 0 bridgehead atoms. The normalized spacial score (nSPS) is 26.0. The van der Waals surface area contributed by atoms with E-state index in [1.807, 2.05) is 0 Å². The fraction of sp³-hybridized carbons (Fsp3) is 0.533. The van der Waals surface area contributed by atoms with Crippen LogP contribution in [-0.2, 0) is 15.1 Å². The standard InChI is InChI=1S/C15H19FO2/c1-11(17)18-15(9-8-14(2,3)10-15)12-4-6-13(16)7-5-12/h4-7H,8-10H2,1-3H3. The Balaban J connectivity index is 2.37. The van der Waals surface area contributed by atoms with Gasteiger partial charge in [-0.1, -0.05) is 26.0 Å². The average molecular weight is 250 g/mol. The predicted octanol–water partition coefficient (Wildman–Crippen LogP) is 3.79. The minimum absolute atomic E-state index is 0.143. The Hall–Kier alpha value is -1.38. The molecule has 0 aliphatic heterocycles. The lowest BCUT2D eigenvalue weighted by Crippen LogP contribution is -2.30. The van der Waals surface area contributed by atoms with Gasteiger partial charge >= 0.3 is 5.97 Å². The van der Waals surface area contributed by atoms with E-state index in [0.29, 0.717) is 0 Å². The molecule has 1 saturated carbocycles. The number of ether oxygens (including phenoxy) is 1. The van der Waals surface area contributed by atoms with Crippen molar-refractivity contribution in [3.63, 3.8) is 0 Å². The van der Waals surface area contributed by atoms with Gasteiger partial charge in [-0.25, -0.2) is 4.39 Å². The zero-order valence-corrected chi connectivity index (χ0v) is 11.1. The van der Waals surface area contributed by atoms with Crippen LogP contribution in [0.5, 0.6) is 0 Å².